The average molecular weight is 295 g/mol. The second-order valence-corrected chi connectivity index (χ2v) is 5.28. The van der Waals surface area contributed by atoms with E-state index in [1.54, 1.807) is 21.8 Å². The first-order chi connectivity index (χ1) is 10.8. The van der Waals surface area contributed by atoms with E-state index in [2.05, 4.69) is 16.6 Å². The topological polar surface area (TPSA) is 74.0 Å². The highest BCUT2D eigenvalue weighted by molar-refractivity contribution is 5.92. The highest BCUT2D eigenvalue weighted by atomic mass is 16.1. The summed E-state index contributed by atoms with van der Waals surface area (Å²) in [4.78, 5) is 13.9. The highest BCUT2D eigenvalue weighted by Crippen LogP contribution is 2.15. The minimum absolute atomic E-state index is 0.102. The molecule has 0 unspecified atom stereocenters. The van der Waals surface area contributed by atoms with E-state index in [-0.39, 0.29) is 11.9 Å². The molecule has 1 aliphatic heterocycles. The van der Waals surface area contributed by atoms with Crippen LogP contribution in [0.1, 0.15) is 23.3 Å². The van der Waals surface area contributed by atoms with Crippen LogP contribution in [0.4, 0.5) is 0 Å². The van der Waals surface area contributed by atoms with Gasteiger partial charge in [0.1, 0.15) is 0 Å². The molecule has 112 valence electrons. The lowest BCUT2D eigenvalue weighted by Crippen LogP contribution is -2.38. The smallest absolute Gasteiger partial charge is 0.271 e. The van der Waals surface area contributed by atoms with E-state index in [1.165, 1.54) is 0 Å². The van der Waals surface area contributed by atoms with Gasteiger partial charge in [0, 0.05) is 19.3 Å². The van der Waals surface area contributed by atoms with Gasteiger partial charge in [0.2, 0.25) is 0 Å². The molecule has 2 heterocycles. The highest BCUT2D eigenvalue weighted by Gasteiger charge is 2.24. The molecule has 6 nitrogen and oxygen atoms in total. The lowest BCUT2D eigenvalue weighted by molar-refractivity contribution is 0.0940. The van der Waals surface area contributed by atoms with Crippen molar-refractivity contribution in [2.24, 2.45) is 0 Å². The number of aromatic nitrogens is 2. The summed E-state index contributed by atoms with van der Waals surface area (Å²) in [5, 5.41) is 16.1. The molecule has 0 saturated carbocycles. The van der Waals surface area contributed by atoms with Crippen LogP contribution in [0.25, 0.3) is 5.69 Å². The number of amides is 1. The first kappa shape index (κ1) is 14.1. The maximum atomic E-state index is 12.2. The minimum atomic E-state index is -0.209. The third-order valence-corrected chi connectivity index (χ3v) is 3.85. The van der Waals surface area contributed by atoms with Crippen LogP contribution in [0.2, 0.25) is 0 Å². The summed E-state index contributed by atoms with van der Waals surface area (Å²) < 4.78 is 1.67. The van der Waals surface area contributed by atoms with Crippen LogP contribution in [0, 0.1) is 11.5 Å². The summed E-state index contributed by atoms with van der Waals surface area (Å²) in [5.74, 6) is -0.209. The monoisotopic (exact) mass is 295 g/mol. The molecule has 0 bridgehead atoms. The molecule has 1 aromatic heterocycles. The van der Waals surface area contributed by atoms with Crippen molar-refractivity contribution in [1.29, 1.82) is 5.26 Å². The maximum Gasteiger partial charge on any atom is 0.271 e. The van der Waals surface area contributed by atoms with E-state index >= 15 is 0 Å². The van der Waals surface area contributed by atoms with Gasteiger partial charge in [-0.3, -0.25) is 4.79 Å². The van der Waals surface area contributed by atoms with Crippen molar-refractivity contribution >= 4 is 5.91 Å². The Labute approximate surface area is 129 Å². The van der Waals surface area contributed by atoms with E-state index in [1.807, 2.05) is 30.3 Å². The van der Waals surface area contributed by atoms with Crippen molar-refractivity contribution in [3.63, 3.8) is 0 Å². The molecule has 1 atom stereocenters. The summed E-state index contributed by atoms with van der Waals surface area (Å²) in [5.41, 5.74) is 1.29. The Kier molecular flexibility index (Phi) is 4.05. The summed E-state index contributed by atoms with van der Waals surface area (Å²) in [6.45, 7) is 1.25. The summed E-state index contributed by atoms with van der Waals surface area (Å²) in [6, 6.07) is 11.4. The van der Waals surface area contributed by atoms with Gasteiger partial charge in [-0.1, -0.05) is 18.2 Å². The summed E-state index contributed by atoms with van der Waals surface area (Å²) in [6.07, 6.45) is 5.86. The first-order valence-electron chi connectivity index (χ1n) is 7.33. The van der Waals surface area contributed by atoms with Crippen molar-refractivity contribution in [2.45, 2.75) is 18.9 Å². The zero-order valence-electron chi connectivity index (χ0n) is 12.1. The molecule has 1 aromatic carbocycles. The normalized spacial score (nSPS) is 17.2. The number of hydrogen-bond donors (Lipinski definition) is 1. The fourth-order valence-corrected chi connectivity index (χ4v) is 2.65. The van der Waals surface area contributed by atoms with Crippen molar-refractivity contribution in [1.82, 2.24) is 20.0 Å². The lowest BCUT2D eigenvalue weighted by Gasteiger charge is -2.18. The molecule has 0 radical (unpaired) electrons. The summed E-state index contributed by atoms with van der Waals surface area (Å²) in [7, 11) is 0. The predicted molar refractivity (Wildman–Crippen MR) is 81.2 cm³/mol. The van der Waals surface area contributed by atoms with Gasteiger partial charge in [-0.05, 0) is 31.0 Å². The zero-order valence-corrected chi connectivity index (χ0v) is 12.1. The van der Waals surface area contributed by atoms with Crippen LogP contribution in [0.15, 0.2) is 42.6 Å². The number of para-hydroxylation sites is 1. The predicted octanol–water partition coefficient (Wildman–Crippen LogP) is 1.55. The van der Waals surface area contributed by atoms with Gasteiger partial charge in [-0.2, -0.15) is 10.4 Å². The molecular formula is C16H17N5O. The Bertz CT molecular complexity index is 688. The van der Waals surface area contributed by atoms with Crippen molar-refractivity contribution in [3.05, 3.63) is 48.3 Å². The van der Waals surface area contributed by atoms with E-state index in [4.69, 9.17) is 5.26 Å². The number of likely N-dealkylation sites (tertiary alicyclic amines) is 1. The number of rotatable bonds is 4. The quantitative estimate of drug-likeness (QED) is 0.868. The summed E-state index contributed by atoms with van der Waals surface area (Å²) >= 11 is 0. The Hall–Kier alpha value is -2.81. The van der Waals surface area contributed by atoms with Gasteiger partial charge in [-0.25, -0.2) is 4.68 Å². The molecule has 1 saturated heterocycles. The van der Waals surface area contributed by atoms with Gasteiger partial charge < -0.3 is 10.2 Å². The molecule has 6 heteroatoms. The zero-order chi connectivity index (χ0) is 15.4. The molecule has 0 spiro atoms. The maximum absolute atomic E-state index is 12.2. The van der Waals surface area contributed by atoms with Crippen LogP contribution >= 0.6 is 0 Å². The van der Waals surface area contributed by atoms with E-state index in [9.17, 15) is 4.79 Å². The third kappa shape index (κ3) is 2.93. The van der Waals surface area contributed by atoms with Crippen LogP contribution in [0.3, 0.4) is 0 Å². The van der Waals surface area contributed by atoms with Crippen LogP contribution < -0.4 is 5.32 Å². The standard InChI is InChI=1S/C16H17N5O/c17-12-20-9-4-7-14(20)11-18-16(22)15-8-10-21(19-15)13-5-2-1-3-6-13/h1-3,5-6,8,10,14H,4,7,9,11H2,(H,18,22)/t14-/m1/s1. The molecule has 3 rings (SSSR count). The van der Waals surface area contributed by atoms with Gasteiger partial charge >= 0.3 is 0 Å². The molecule has 1 amide bonds. The number of nitriles is 1. The average Bonchev–Trinajstić information content (AvgIpc) is 3.22. The third-order valence-electron chi connectivity index (χ3n) is 3.85. The first-order valence-corrected chi connectivity index (χ1v) is 7.33. The van der Waals surface area contributed by atoms with E-state index in [0.717, 1.165) is 25.1 Å². The van der Waals surface area contributed by atoms with Crippen molar-refractivity contribution in [2.75, 3.05) is 13.1 Å². The Balaban J connectivity index is 1.62. The Morgan fingerprint density at radius 3 is 2.95 bits per heavy atom. The number of hydrogen-bond acceptors (Lipinski definition) is 4. The molecule has 1 aliphatic rings. The number of nitrogens with zero attached hydrogens (tertiary/aromatic N) is 4. The lowest BCUT2D eigenvalue weighted by atomic mass is 10.2. The van der Waals surface area contributed by atoms with E-state index in [0.29, 0.717) is 12.2 Å². The second kappa shape index (κ2) is 6.31. The number of carbonyl (C=O) groups excluding carboxylic acids is 1. The second-order valence-electron chi connectivity index (χ2n) is 5.28. The number of benzene rings is 1. The van der Waals surface area contributed by atoms with Crippen molar-refractivity contribution in [3.8, 4) is 11.9 Å². The Morgan fingerprint density at radius 1 is 1.36 bits per heavy atom. The van der Waals surface area contributed by atoms with Gasteiger partial charge in [-0.15, -0.1) is 0 Å². The number of carbonyl (C=O) groups is 1. The van der Waals surface area contributed by atoms with Gasteiger partial charge in [0.15, 0.2) is 11.9 Å². The molecule has 0 aliphatic carbocycles. The molecule has 2 aromatic rings. The van der Waals surface area contributed by atoms with Crippen LogP contribution in [-0.2, 0) is 0 Å². The van der Waals surface area contributed by atoms with Crippen LogP contribution in [-0.4, -0.2) is 39.7 Å². The fraction of sp³-hybridized carbons (Fsp3) is 0.312. The SMILES string of the molecule is N#CN1CCC[C@@H]1CNC(=O)c1ccn(-c2ccccc2)n1. The molecule has 22 heavy (non-hydrogen) atoms. The van der Waals surface area contributed by atoms with Crippen molar-refractivity contribution < 1.29 is 4.79 Å². The van der Waals surface area contributed by atoms with Crippen LogP contribution in [0.5, 0.6) is 0 Å². The number of nitrogens with one attached hydrogen (secondary N) is 1. The fourth-order valence-electron chi connectivity index (χ4n) is 2.65. The minimum Gasteiger partial charge on any atom is -0.349 e. The van der Waals surface area contributed by atoms with E-state index < -0.39 is 0 Å². The molecule has 1 fully saturated rings. The van der Waals surface area contributed by atoms with Gasteiger partial charge in [0.25, 0.3) is 5.91 Å². The largest absolute Gasteiger partial charge is 0.349 e. The molecular weight excluding hydrogens is 278 g/mol. The Morgan fingerprint density at radius 2 is 2.18 bits per heavy atom. The van der Waals surface area contributed by atoms with Gasteiger partial charge in [0.05, 0.1) is 11.7 Å². The molecule has 1 N–H and O–H groups in total.